The maximum atomic E-state index is 5.66. The predicted molar refractivity (Wildman–Crippen MR) is 72.2 cm³/mol. The molecule has 2 N–H and O–H groups in total. The third-order valence-corrected chi connectivity index (χ3v) is 3.34. The van der Waals surface area contributed by atoms with Gasteiger partial charge in [0.1, 0.15) is 0 Å². The second-order valence-electron chi connectivity index (χ2n) is 5.10. The maximum Gasteiger partial charge on any atom is 0.0593 e. The molecule has 1 unspecified atom stereocenters. The van der Waals surface area contributed by atoms with Gasteiger partial charge in [-0.1, -0.05) is 13.8 Å². The zero-order chi connectivity index (χ0) is 12.5. The topological polar surface area (TPSA) is 41.7 Å². The Kier molecular flexibility index (Phi) is 7.77. The van der Waals surface area contributed by atoms with Crippen molar-refractivity contribution in [2.45, 2.75) is 20.3 Å². The van der Waals surface area contributed by atoms with E-state index in [0.29, 0.717) is 5.92 Å². The van der Waals surface area contributed by atoms with Crippen molar-refractivity contribution in [3.63, 3.8) is 0 Å². The Labute approximate surface area is 106 Å². The van der Waals surface area contributed by atoms with Crippen LogP contribution in [-0.4, -0.2) is 68.8 Å². The van der Waals surface area contributed by atoms with Gasteiger partial charge in [-0.15, -0.1) is 0 Å². The minimum atomic E-state index is 0.620. The first-order chi connectivity index (χ1) is 8.26. The van der Waals surface area contributed by atoms with Crippen LogP contribution >= 0.6 is 0 Å². The number of piperazine rings is 1. The molecule has 4 nitrogen and oxygen atoms in total. The molecule has 0 aromatic carbocycles. The lowest BCUT2D eigenvalue weighted by molar-refractivity contribution is 0.0722. The Morgan fingerprint density at radius 1 is 1.12 bits per heavy atom. The van der Waals surface area contributed by atoms with Gasteiger partial charge in [0, 0.05) is 45.9 Å². The molecule has 1 saturated heterocycles. The summed E-state index contributed by atoms with van der Waals surface area (Å²) in [6.07, 6.45) is 1.12. The molecular weight excluding hydrogens is 214 g/mol. The predicted octanol–water partition coefficient (Wildman–Crippen LogP) is 0.625. The number of rotatable bonds is 8. The molecule has 0 aromatic heterocycles. The van der Waals surface area contributed by atoms with E-state index in [0.717, 1.165) is 39.3 Å². The summed E-state index contributed by atoms with van der Waals surface area (Å²) < 4.78 is 5.52. The van der Waals surface area contributed by atoms with Gasteiger partial charge in [-0.3, -0.25) is 4.90 Å². The number of nitrogens with zero attached hydrogens (tertiary/aromatic N) is 2. The van der Waals surface area contributed by atoms with E-state index in [2.05, 4.69) is 23.6 Å². The van der Waals surface area contributed by atoms with Gasteiger partial charge in [0.15, 0.2) is 0 Å². The first-order valence-electron chi connectivity index (χ1n) is 6.98. The molecule has 0 radical (unpaired) electrons. The second kappa shape index (κ2) is 8.86. The van der Waals surface area contributed by atoms with Crippen LogP contribution in [0.15, 0.2) is 0 Å². The average Bonchev–Trinajstić information content (AvgIpc) is 2.36. The van der Waals surface area contributed by atoms with Crippen molar-refractivity contribution in [3.8, 4) is 0 Å². The lowest BCUT2D eigenvalue weighted by Crippen LogP contribution is -2.48. The van der Waals surface area contributed by atoms with Crippen LogP contribution in [-0.2, 0) is 4.74 Å². The van der Waals surface area contributed by atoms with E-state index in [-0.39, 0.29) is 0 Å². The summed E-state index contributed by atoms with van der Waals surface area (Å²) in [5.41, 5.74) is 5.66. The molecular formula is C13H29N3O. The van der Waals surface area contributed by atoms with Crippen LogP contribution in [0.2, 0.25) is 0 Å². The normalized spacial score (nSPS) is 20.6. The molecule has 4 heteroatoms. The van der Waals surface area contributed by atoms with Crippen molar-refractivity contribution in [2.75, 3.05) is 59.0 Å². The standard InChI is InChI=1S/C13H29N3O/c1-3-9-17-10-8-15-4-6-16(7-5-15)12-13(2)11-14/h13H,3-12,14H2,1-2H3. The quantitative estimate of drug-likeness (QED) is 0.635. The van der Waals surface area contributed by atoms with Crippen LogP contribution in [0.4, 0.5) is 0 Å². The SMILES string of the molecule is CCCOCCN1CCN(CC(C)CN)CC1. The van der Waals surface area contributed by atoms with Gasteiger partial charge in [0.2, 0.25) is 0 Å². The van der Waals surface area contributed by atoms with Gasteiger partial charge in [0.05, 0.1) is 6.61 Å². The van der Waals surface area contributed by atoms with E-state index in [1.165, 1.54) is 26.2 Å². The zero-order valence-electron chi connectivity index (χ0n) is 11.5. The average molecular weight is 243 g/mol. The van der Waals surface area contributed by atoms with Crippen molar-refractivity contribution >= 4 is 0 Å². The van der Waals surface area contributed by atoms with E-state index in [9.17, 15) is 0 Å². The highest BCUT2D eigenvalue weighted by Crippen LogP contribution is 2.04. The highest BCUT2D eigenvalue weighted by Gasteiger charge is 2.17. The van der Waals surface area contributed by atoms with Gasteiger partial charge < -0.3 is 15.4 Å². The van der Waals surface area contributed by atoms with E-state index in [4.69, 9.17) is 10.5 Å². The van der Waals surface area contributed by atoms with Crippen LogP contribution < -0.4 is 5.73 Å². The number of hydrogen-bond donors (Lipinski definition) is 1. The first kappa shape index (κ1) is 14.9. The number of nitrogens with two attached hydrogens (primary N) is 1. The fraction of sp³-hybridized carbons (Fsp3) is 1.00. The van der Waals surface area contributed by atoms with Crippen LogP contribution in [0, 0.1) is 5.92 Å². The lowest BCUT2D eigenvalue weighted by Gasteiger charge is -2.35. The molecule has 0 saturated carbocycles. The third kappa shape index (κ3) is 6.36. The summed E-state index contributed by atoms with van der Waals surface area (Å²) in [4.78, 5) is 5.03. The Morgan fingerprint density at radius 3 is 2.35 bits per heavy atom. The van der Waals surface area contributed by atoms with Crippen molar-refractivity contribution in [2.24, 2.45) is 11.7 Å². The molecule has 1 rings (SSSR count). The summed E-state index contributed by atoms with van der Waals surface area (Å²) in [6.45, 7) is 13.9. The van der Waals surface area contributed by atoms with Gasteiger partial charge in [-0.05, 0) is 18.9 Å². The highest BCUT2D eigenvalue weighted by atomic mass is 16.5. The van der Waals surface area contributed by atoms with Gasteiger partial charge in [-0.2, -0.15) is 0 Å². The van der Waals surface area contributed by atoms with Crippen molar-refractivity contribution in [1.82, 2.24) is 9.80 Å². The molecule has 0 spiro atoms. The smallest absolute Gasteiger partial charge is 0.0593 e. The molecule has 1 aliphatic rings. The van der Waals surface area contributed by atoms with E-state index >= 15 is 0 Å². The summed E-state index contributed by atoms with van der Waals surface area (Å²) >= 11 is 0. The van der Waals surface area contributed by atoms with Crippen LogP contribution in [0.25, 0.3) is 0 Å². The Bertz CT molecular complexity index is 182. The van der Waals surface area contributed by atoms with E-state index < -0.39 is 0 Å². The van der Waals surface area contributed by atoms with Crippen molar-refractivity contribution in [1.29, 1.82) is 0 Å². The minimum absolute atomic E-state index is 0.620. The number of hydrogen-bond acceptors (Lipinski definition) is 4. The lowest BCUT2D eigenvalue weighted by atomic mass is 10.1. The largest absolute Gasteiger partial charge is 0.380 e. The fourth-order valence-corrected chi connectivity index (χ4v) is 2.15. The Morgan fingerprint density at radius 2 is 1.76 bits per heavy atom. The fourth-order valence-electron chi connectivity index (χ4n) is 2.15. The monoisotopic (exact) mass is 243 g/mol. The molecule has 0 amide bonds. The van der Waals surface area contributed by atoms with Gasteiger partial charge in [0.25, 0.3) is 0 Å². The van der Waals surface area contributed by atoms with Crippen LogP contribution in [0.3, 0.4) is 0 Å². The summed E-state index contributed by atoms with van der Waals surface area (Å²) in [5, 5.41) is 0. The third-order valence-electron chi connectivity index (χ3n) is 3.34. The Hall–Kier alpha value is -0.160. The Balaban J connectivity index is 2.05. The summed E-state index contributed by atoms with van der Waals surface area (Å²) in [5.74, 6) is 0.620. The van der Waals surface area contributed by atoms with Crippen molar-refractivity contribution in [3.05, 3.63) is 0 Å². The molecule has 0 aromatic rings. The summed E-state index contributed by atoms with van der Waals surface area (Å²) in [7, 11) is 0. The number of ether oxygens (including phenoxy) is 1. The van der Waals surface area contributed by atoms with Crippen molar-refractivity contribution < 1.29 is 4.74 Å². The first-order valence-corrected chi connectivity index (χ1v) is 6.98. The molecule has 1 aliphatic heterocycles. The minimum Gasteiger partial charge on any atom is -0.380 e. The molecule has 1 fully saturated rings. The highest BCUT2D eigenvalue weighted by molar-refractivity contribution is 4.73. The maximum absolute atomic E-state index is 5.66. The second-order valence-corrected chi connectivity index (χ2v) is 5.10. The summed E-state index contributed by atoms with van der Waals surface area (Å²) in [6, 6.07) is 0. The van der Waals surface area contributed by atoms with Gasteiger partial charge >= 0.3 is 0 Å². The van der Waals surface area contributed by atoms with E-state index in [1.807, 2.05) is 0 Å². The van der Waals surface area contributed by atoms with Crippen LogP contribution in [0.1, 0.15) is 20.3 Å². The molecule has 102 valence electrons. The molecule has 1 heterocycles. The molecule has 17 heavy (non-hydrogen) atoms. The molecule has 0 bridgehead atoms. The molecule has 1 atom stereocenters. The van der Waals surface area contributed by atoms with E-state index in [1.54, 1.807) is 0 Å². The zero-order valence-corrected chi connectivity index (χ0v) is 11.5. The van der Waals surface area contributed by atoms with Gasteiger partial charge in [-0.25, -0.2) is 0 Å². The van der Waals surface area contributed by atoms with Crippen LogP contribution in [0.5, 0.6) is 0 Å². The molecule has 0 aliphatic carbocycles.